The van der Waals surface area contributed by atoms with Crippen LogP contribution in [0.5, 0.6) is 0 Å². The van der Waals surface area contributed by atoms with Crippen LogP contribution >= 0.6 is 15.9 Å². The van der Waals surface area contributed by atoms with Gasteiger partial charge in [-0.15, -0.1) is 0 Å². The third-order valence-corrected chi connectivity index (χ3v) is 2.07. The lowest BCUT2D eigenvalue weighted by atomic mass is 10.3. The van der Waals surface area contributed by atoms with E-state index in [4.69, 9.17) is 5.73 Å². The number of nitrogens with two attached hydrogens (primary N) is 1. The van der Waals surface area contributed by atoms with Crippen molar-refractivity contribution in [3.63, 3.8) is 0 Å². The van der Waals surface area contributed by atoms with Gasteiger partial charge >= 0.3 is 6.18 Å². The Morgan fingerprint density at radius 3 is 2.60 bits per heavy atom. The van der Waals surface area contributed by atoms with Crippen molar-refractivity contribution in [1.82, 2.24) is 4.98 Å². The monoisotopic (exact) mass is 283 g/mol. The summed E-state index contributed by atoms with van der Waals surface area (Å²) in [5.74, 6) is 0.121. The van der Waals surface area contributed by atoms with E-state index in [0.717, 1.165) is 4.90 Å². The van der Waals surface area contributed by atoms with E-state index in [1.54, 1.807) is 0 Å². The molecule has 1 aromatic heterocycles. The quantitative estimate of drug-likeness (QED) is 0.907. The molecule has 0 aliphatic rings. The summed E-state index contributed by atoms with van der Waals surface area (Å²) in [6, 6.07) is 1.51. The van der Waals surface area contributed by atoms with Crippen LogP contribution in [-0.2, 0) is 0 Å². The first-order valence-electron chi connectivity index (χ1n) is 3.98. The number of anilines is 2. The zero-order valence-electron chi connectivity index (χ0n) is 7.85. The van der Waals surface area contributed by atoms with Crippen LogP contribution < -0.4 is 10.6 Å². The van der Waals surface area contributed by atoms with Gasteiger partial charge in [0.1, 0.15) is 6.54 Å². The number of halogens is 4. The summed E-state index contributed by atoms with van der Waals surface area (Å²) >= 11 is 3.12. The zero-order valence-corrected chi connectivity index (χ0v) is 9.43. The van der Waals surface area contributed by atoms with E-state index in [1.807, 2.05) is 0 Å². The average molecular weight is 284 g/mol. The van der Waals surface area contributed by atoms with Gasteiger partial charge in [0, 0.05) is 17.7 Å². The molecule has 2 N–H and O–H groups in total. The van der Waals surface area contributed by atoms with Gasteiger partial charge in [-0.3, -0.25) is 0 Å². The summed E-state index contributed by atoms with van der Waals surface area (Å²) in [4.78, 5) is 4.78. The molecule has 0 unspecified atom stereocenters. The van der Waals surface area contributed by atoms with Crippen molar-refractivity contribution in [1.29, 1.82) is 0 Å². The van der Waals surface area contributed by atoms with Crippen molar-refractivity contribution in [3.8, 4) is 0 Å². The van der Waals surface area contributed by atoms with Gasteiger partial charge in [0.2, 0.25) is 0 Å². The molecule has 1 heterocycles. The fourth-order valence-electron chi connectivity index (χ4n) is 1.11. The molecule has 0 radical (unpaired) electrons. The summed E-state index contributed by atoms with van der Waals surface area (Å²) in [5, 5.41) is 0. The summed E-state index contributed by atoms with van der Waals surface area (Å²) in [6.07, 6.45) is -2.87. The van der Waals surface area contributed by atoms with Crippen molar-refractivity contribution in [2.75, 3.05) is 24.2 Å². The average Bonchev–Trinajstić information content (AvgIpc) is 1.99. The second-order valence-corrected chi connectivity index (χ2v) is 3.95. The standard InChI is InChI=1S/C8H9BrF3N3/c1-15(4-8(10,11)12)7-6(13)2-5(9)3-14-7/h2-3H,4,13H2,1H3. The van der Waals surface area contributed by atoms with Crippen LogP contribution in [0.25, 0.3) is 0 Å². The van der Waals surface area contributed by atoms with Crippen molar-refractivity contribution in [2.24, 2.45) is 0 Å². The van der Waals surface area contributed by atoms with Crippen LogP contribution in [0.4, 0.5) is 24.7 Å². The van der Waals surface area contributed by atoms with Gasteiger partial charge < -0.3 is 10.6 Å². The molecule has 7 heteroatoms. The van der Waals surface area contributed by atoms with Crippen LogP contribution in [0.1, 0.15) is 0 Å². The first-order chi connectivity index (χ1) is 6.79. The summed E-state index contributed by atoms with van der Waals surface area (Å²) in [5.41, 5.74) is 5.74. The Kier molecular flexibility index (Phi) is 3.43. The Morgan fingerprint density at radius 2 is 2.13 bits per heavy atom. The fourth-order valence-corrected chi connectivity index (χ4v) is 1.46. The number of aromatic nitrogens is 1. The molecule has 0 amide bonds. The van der Waals surface area contributed by atoms with Crippen molar-refractivity contribution in [2.45, 2.75) is 6.18 Å². The molecule has 0 atom stereocenters. The Morgan fingerprint density at radius 1 is 1.53 bits per heavy atom. The molecule has 15 heavy (non-hydrogen) atoms. The maximum absolute atomic E-state index is 12.1. The number of nitrogen functional groups attached to an aromatic ring is 1. The van der Waals surface area contributed by atoms with Gasteiger partial charge in [-0.05, 0) is 22.0 Å². The maximum atomic E-state index is 12.1. The van der Waals surface area contributed by atoms with E-state index in [-0.39, 0.29) is 11.5 Å². The highest BCUT2D eigenvalue weighted by Gasteiger charge is 2.30. The zero-order chi connectivity index (χ0) is 11.6. The van der Waals surface area contributed by atoms with Crippen LogP contribution in [0.2, 0.25) is 0 Å². The third kappa shape index (κ3) is 3.58. The SMILES string of the molecule is CN(CC(F)(F)F)c1ncc(Br)cc1N. The molecule has 0 aromatic carbocycles. The predicted molar refractivity (Wildman–Crippen MR) is 55.7 cm³/mol. The minimum absolute atomic E-state index is 0.121. The maximum Gasteiger partial charge on any atom is 0.405 e. The van der Waals surface area contributed by atoms with Gasteiger partial charge in [-0.2, -0.15) is 13.2 Å². The van der Waals surface area contributed by atoms with Crippen LogP contribution in [0.3, 0.4) is 0 Å². The lowest BCUT2D eigenvalue weighted by molar-refractivity contribution is -0.119. The summed E-state index contributed by atoms with van der Waals surface area (Å²) in [6.45, 7) is -1.08. The highest BCUT2D eigenvalue weighted by molar-refractivity contribution is 9.10. The van der Waals surface area contributed by atoms with Gasteiger partial charge in [-0.1, -0.05) is 0 Å². The first kappa shape index (κ1) is 12.1. The molecular formula is C8H9BrF3N3. The summed E-state index contributed by atoms with van der Waals surface area (Å²) in [7, 11) is 1.29. The van der Waals surface area contributed by atoms with E-state index >= 15 is 0 Å². The molecule has 0 aliphatic carbocycles. The normalized spacial score (nSPS) is 11.5. The van der Waals surface area contributed by atoms with E-state index in [0.29, 0.717) is 4.47 Å². The Balaban J connectivity index is 2.87. The molecule has 0 aliphatic heterocycles. The number of hydrogen-bond acceptors (Lipinski definition) is 3. The molecule has 0 saturated carbocycles. The predicted octanol–water partition coefficient (Wildman–Crippen LogP) is 2.42. The van der Waals surface area contributed by atoms with Gasteiger partial charge in [0.25, 0.3) is 0 Å². The molecular weight excluding hydrogens is 275 g/mol. The largest absolute Gasteiger partial charge is 0.405 e. The lowest BCUT2D eigenvalue weighted by Gasteiger charge is -2.21. The number of pyridine rings is 1. The molecule has 0 bridgehead atoms. The summed E-state index contributed by atoms with van der Waals surface area (Å²) < 4.78 is 36.9. The van der Waals surface area contributed by atoms with E-state index in [1.165, 1.54) is 19.3 Å². The van der Waals surface area contributed by atoms with Crippen LogP contribution in [0, 0.1) is 0 Å². The minimum atomic E-state index is -4.27. The topological polar surface area (TPSA) is 42.2 Å². The van der Waals surface area contributed by atoms with Crippen molar-refractivity contribution < 1.29 is 13.2 Å². The highest BCUT2D eigenvalue weighted by atomic mass is 79.9. The lowest BCUT2D eigenvalue weighted by Crippen LogP contribution is -2.31. The Labute approximate surface area is 93.2 Å². The first-order valence-corrected chi connectivity index (χ1v) is 4.78. The fraction of sp³-hybridized carbons (Fsp3) is 0.375. The second kappa shape index (κ2) is 4.26. The van der Waals surface area contributed by atoms with E-state index < -0.39 is 12.7 Å². The van der Waals surface area contributed by atoms with Gasteiger partial charge in [0.05, 0.1) is 5.69 Å². The molecule has 3 nitrogen and oxygen atoms in total. The number of alkyl halides is 3. The van der Waals surface area contributed by atoms with Gasteiger partial charge in [0.15, 0.2) is 5.82 Å². The smallest absolute Gasteiger partial charge is 0.396 e. The number of nitrogens with zero attached hydrogens (tertiary/aromatic N) is 2. The third-order valence-electron chi connectivity index (χ3n) is 1.64. The van der Waals surface area contributed by atoms with Crippen LogP contribution in [-0.4, -0.2) is 24.8 Å². The minimum Gasteiger partial charge on any atom is -0.396 e. The molecule has 0 fully saturated rings. The van der Waals surface area contributed by atoms with E-state index in [9.17, 15) is 13.2 Å². The van der Waals surface area contributed by atoms with Crippen LogP contribution in [0.15, 0.2) is 16.7 Å². The Bertz CT molecular complexity index is 353. The number of hydrogen-bond donors (Lipinski definition) is 1. The molecule has 1 aromatic rings. The molecule has 1 rings (SSSR count). The van der Waals surface area contributed by atoms with Gasteiger partial charge in [-0.25, -0.2) is 4.98 Å². The van der Waals surface area contributed by atoms with Crippen molar-refractivity contribution in [3.05, 3.63) is 16.7 Å². The molecule has 0 saturated heterocycles. The molecule has 0 spiro atoms. The molecule has 84 valence electrons. The Hall–Kier alpha value is -0.980. The number of rotatable bonds is 2. The second-order valence-electron chi connectivity index (χ2n) is 3.04. The highest BCUT2D eigenvalue weighted by Crippen LogP contribution is 2.25. The van der Waals surface area contributed by atoms with E-state index in [2.05, 4.69) is 20.9 Å². The van der Waals surface area contributed by atoms with Crippen molar-refractivity contribution >= 4 is 27.4 Å².